The monoisotopic (exact) mass is 257 g/mol. The van der Waals surface area contributed by atoms with Crippen molar-refractivity contribution in [1.82, 2.24) is 9.88 Å². The minimum Gasteiger partial charge on any atom is -0.397 e. The summed E-state index contributed by atoms with van der Waals surface area (Å²) in [5.74, 6) is -0.0972. The predicted molar refractivity (Wildman–Crippen MR) is 76.9 cm³/mol. The van der Waals surface area contributed by atoms with Gasteiger partial charge in [0.2, 0.25) is 0 Å². The number of nitrogens with two attached hydrogens (primary N) is 1. The van der Waals surface area contributed by atoms with Crippen LogP contribution in [0.1, 0.15) is 28.5 Å². The van der Waals surface area contributed by atoms with Gasteiger partial charge in [-0.15, -0.1) is 0 Å². The van der Waals surface area contributed by atoms with E-state index in [0.717, 1.165) is 12.1 Å². The number of aromatic nitrogens is 1. The molecule has 0 spiro atoms. The van der Waals surface area contributed by atoms with Crippen molar-refractivity contribution >= 4 is 11.6 Å². The molecule has 100 valence electrons. The summed E-state index contributed by atoms with van der Waals surface area (Å²) in [5.41, 5.74) is 9.22. The Bertz CT molecular complexity index is 587. The number of nitrogens with one attached hydrogen (secondary N) is 1. The van der Waals surface area contributed by atoms with E-state index < -0.39 is 0 Å². The minimum atomic E-state index is -0.0972. The number of nitrogens with zero attached hydrogens (tertiary/aromatic N) is 1. The molecule has 2 rings (SSSR count). The first kappa shape index (κ1) is 13.2. The number of nitrogen functional groups attached to an aromatic ring is 1. The molecular formula is C15H19N3O. The number of hydrogen-bond donors (Lipinski definition) is 2. The van der Waals surface area contributed by atoms with E-state index in [1.54, 1.807) is 12.3 Å². The largest absolute Gasteiger partial charge is 0.397 e. The topological polar surface area (TPSA) is 60.0 Å². The summed E-state index contributed by atoms with van der Waals surface area (Å²) in [5, 5.41) is 2.92. The minimum absolute atomic E-state index is 0.0972. The third-order valence-electron chi connectivity index (χ3n) is 3.03. The van der Waals surface area contributed by atoms with Gasteiger partial charge in [-0.25, -0.2) is 0 Å². The molecule has 0 unspecified atom stereocenters. The highest BCUT2D eigenvalue weighted by molar-refractivity contribution is 5.93. The van der Waals surface area contributed by atoms with Crippen LogP contribution >= 0.6 is 0 Å². The average Bonchev–Trinajstić information content (AvgIpc) is 2.77. The number of rotatable bonds is 4. The second-order valence-corrected chi connectivity index (χ2v) is 4.62. The number of carbonyl (C=O) groups excluding carboxylic acids is 1. The van der Waals surface area contributed by atoms with Crippen molar-refractivity contribution in [2.45, 2.75) is 26.9 Å². The van der Waals surface area contributed by atoms with E-state index in [1.807, 2.05) is 36.6 Å². The van der Waals surface area contributed by atoms with E-state index in [2.05, 4.69) is 11.4 Å². The zero-order chi connectivity index (χ0) is 13.8. The van der Waals surface area contributed by atoms with Gasteiger partial charge in [-0.2, -0.15) is 0 Å². The SMILES string of the molecule is CCn1cc(N)cc1C(=O)NCc1cccc(C)c1. The van der Waals surface area contributed by atoms with Gasteiger partial charge in [0.25, 0.3) is 5.91 Å². The van der Waals surface area contributed by atoms with Crippen LogP contribution in [-0.4, -0.2) is 10.5 Å². The van der Waals surface area contributed by atoms with Crippen LogP contribution < -0.4 is 11.1 Å². The first-order chi connectivity index (χ1) is 9.10. The number of anilines is 1. The van der Waals surface area contributed by atoms with Gasteiger partial charge < -0.3 is 15.6 Å². The summed E-state index contributed by atoms with van der Waals surface area (Å²) < 4.78 is 1.85. The quantitative estimate of drug-likeness (QED) is 0.883. The molecule has 1 aromatic heterocycles. The predicted octanol–water partition coefficient (Wildman–Crippen LogP) is 2.33. The molecule has 0 saturated carbocycles. The second-order valence-electron chi connectivity index (χ2n) is 4.62. The molecule has 0 saturated heterocycles. The Balaban J connectivity index is 2.05. The zero-order valence-electron chi connectivity index (χ0n) is 11.3. The molecule has 3 N–H and O–H groups in total. The molecule has 19 heavy (non-hydrogen) atoms. The summed E-state index contributed by atoms with van der Waals surface area (Å²) in [4.78, 5) is 12.1. The summed E-state index contributed by atoms with van der Waals surface area (Å²) in [6.45, 7) is 5.27. The fraction of sp³-hybridized carbons (Fsp3) is 0.267. The Hall–Kier alpha value is -2.23. The smallest absolute Gasteiger partial charge is 0.268 e. The summed E-state index contributed by atoms with van der Waals surface area (Å²) in [7, 11) is 0. The lowest BCUT2D eigenvalue weighted by Crippen LogP contribution is -2.25. The van der Waals surface area contributed by atoms with Crippen molar-refractivity contribution < 1.29 is 4.79 Å². The van der Waals surface area contributed by atoms with Gasteiger partial charge in [0.05, 0.1) is 5.69 Å². The lowest BCUT2D eigenvalue weighted by Gasteiger charge is -2.08. The Labute approximate surface area is 113 Å². The average molecular weight is 257 g/mol. The Morgan fingerprint density at radius 1 is 1.37 bits per heavy atom. The standard InChI is InChI=1S/C15H19N3O/c1-3-18-10-13(16)8-14(18)15(19)17-9-12-6-4-5-11(2)7-12/h4-8,10H,3,9,16H2,1-2H3,(H,17,19). The van der Waals surface area contributed by atoms with Crippen LogP contribution in [0.4, 0.5) is 5.69 Å². The van der Waals surface area contributed by atoms with Gasteiger partial charge in [0.1, 0.15) is 5.69 Å². The summed E-state index contributed by atoms with van der Waals surface area (Å²) in [6.07, 6.45) is 1.78. The summed E-state index contributed by atoms with van der Waals surface area (Å²) in [6, 6.07) is 9.79. The number of carbonyl (C=O) groups is 1. The lowest BCUT2D eigenvalue weighted by molar-refractivity contribution is 0.0941. The van der Waals surface area contributed by atoms with Gasteiger partial charge in [-0.3, -0.25) is 4.79 Å². The zero-order valence-corrected chi connectivity index (χ0v) is 11.3. The van der Waals surface area contributed by atoms with Crippen LogP contribution in [-0.2, 0) is 13.1 Å². The van der Waals surface area contributed by atoms with Crippen molar-refractivity contribution in [3.05, 3.63) is 53.3 Å². The second kappa shape index (κ2) is 5.61. The normalized spacial score (nSPS) is 10.4. The van der Waals surface area contributed by atoms with Crippen molar-refractivity contribution in [3.8, 4) is 0 Å². The fourth-order valence-electron chi connectivity index (χ4n) is 2.08. The maximum atomic E-state index is 12.1. The van der Waals surface area contributed by atoms with Gasteiger partial charge in [-0.05, 0) is 25.5 Å². The first-order valence-corrected chi connectivity index (χ1v) is 6.39. The van der Waals surface area contributed by atoms with Crippen molar-refractivity contribution in [3.63, 3.8) is 0 Å². The van der Waals surface area contributed by atoms with Crippen molar-refractivity contribution in [2.24, 2.45) is 0 Å². The molecule has 0 fully saturated rings. The highest BCUT2D eigenvalue weighted by Gasteiger charge is 2.11. The molecule has 1 amide bonds. The van der Waals surface area contributed by atoms with E-state index >= 15 is 0 Å². The van der Waals surface area contributed by atoms with E-state index in [-0.39, 0.29) is 5.91 Å². The van der Waals surface area contributed by atoms with Crippen LogP contribution in [0.15, 0.2) is 36.5 Å². The third kappa shape index (κ3) is 3.16. The molecule has 4 heteroatoms. The number of hydrogen-bond acceptors (Lipinski definition) is 2. The van der Waals surface area contributed by atoms with Crippen LogP contribution in [0.2, 0.25) is 0 Å². The van der Waals surface area contributed by atoms with Gasteiger partial charge in [0.15, 0.2) is 0 Å². The van der Waals surface area contributed by atoms with Gasteiger partial charge in [-0.1, -0.05) is 29.8 Å². The van der Waals surface area contributed by atoms with Crippen molar-refractivity contribution in [2.75, 3.05) is 5.73 Å². The van der Waals surface area contributed by atoms with Gasteiger partial charge in [0, 0.05) is 19.3 Å². The molecule has 2 aromatic rings. The van der Waals surface area contributed by atoms with Crippen molar-refractivity contribution in [1.29, 1.82) is 0 Å². The molecule has 0 aliphatic rings. The van der Waals surface area contributed by atoms with E-state index in [9.17, 15) is 4.79 Å². The first-order valence-electron chi connectivity index (χ1n) is 6.39. The molecule has 0 radical (unpaired) electrons. The lowest BCUT2D eigenvalue weighted by atomic mass is 10.1. The third-order valence-corrected chi connectivity index (χ3v) is 3.03. The molecular weight excluding hydrogens is 238 g/mol. The highest BCUT2D eigenvalue weighted by atomic mass is 16.1. The molecule has 1 heterocycles. The maximum absolute atomic E-state index is 12.1. The van der Waals surface area contributed by atoms with Crippen LogP contribution in [0.3, 0.4) is 0 Å². The molecule has 0 aliphatic heterocycles. The van der Waals surface area contributed by atoms with Crippen LogP contribution in [0, 0.1) is 6.92 Å². The Morgan fingerprint density at radius 2 is 2.16 bits per heavy atom. The van der Waals surface area contributed by atoms with Crippen LogP contribution in [0.5, 0.6) is 0 Å². The summed E-state index contributed by atoms with van der Waals surface area (Å²) >= 11 is 0. The van der Waals surface area contributed by atoms with E-state index in [1.165, 1.54) is 5.56 Å². The van der Waals surface area contributed by atoms with E-state index in [0.29, 0.717) is 17.9 Å². The molecule has 0 atom stereocenters. The molecule has 1 aromatic carbocycles. The Morgan fingerprint density at radius 3 is 2.84 bits per heavy atom. The fourth-order valence-corrected chi connectivity index (χ4v) is 2.08. The highest BCUT2D eigenvalue weighted by Crippen LogP contribution is 2.11. The van der Waals surface area contributed by atoms with E-state index in [4.69, 9.17) is 5.73 Å². The molecule has 0 bridgehead atoms. The molecule has 0 aliphatic carbocycles. The van der Waals surface area contributed by atoms with Gasteiger partial charge >= 0.3 is 0 Å². The Kier molecular flexibility index (Phi) is 3.90. The maximum Gasteiger partial charge on any atom is 0.268 e. The number of amides is 1. The molecule has 4 nitrogen and oxygen atoms in total. The number of benzene rings is 1. The van der Waals surface area contributed by atoms with Crippen LogP contribution in [0.25, 0.3) is 0 Å². The number of aryl methyl sites for hydroxylation is 2.